The van der Waals surface area contributed by atoms with Gasteiger partial charge in [-0.15, -0.1) is 0 Å². The van der Waals surface area contributed by atoms with Crippen LogP contribution in [-0.2, 0) is 21.2 Å². The number of carbonyl (C=O) groups is 1. The standard InChI is InChI=1S/C26H27FN2O5S/c1-33-24-15-14-21(16-25(24)34-2)35(31,32)29(20-12-10-19(27)11-13-20)17-26(30)28-23-9-5-7-18-6-3-4-8-22(18)23/h3-4,6,8,10-16,23H,5,7,9,17H2,1-2H3,(H,28,30)/t23-/m1/s1. The van der Waals surface area contributed by atoms with Crippen molar-refractivity contribution in [3.8, 4) is 11.5 Å². The van der Waals surface area contributed by atoms with Crippen LogP contribution in [0, 0.1) is 5.82 Å². The van der Waals surface area contributed by atoms with Gasteiger partial charge in [-0.3, -0.25) is 9.10 Å². The lowest BCUT2D eigenvalue weighted by molar-refractivity contribution is -0.120. The number of sulfonamides is 1. The zero-order valence-corrected chi connectivity index (χ0v) is 20.3. The first-order valence-corrected chi connectivity index (χ1v) is 12.6. The predicted octanol–water partition coefficient (Wildman–Crippen LogP) is 4.23. The highest BCUT2D eigenvalue weighted by Gasteiger charge is 2.30. The van der Waals surface area contributed by atoms with Crippen LogP contribution in [0.1, 0.15) is 30.0 Å². The third kappa shape index (κ3) is 5.24. The van der Waals surface area contributed by atoms with Crippen LogP contribution in [-0.4, -0.2) is 35.1 Å². The smallest absolute Gasteiger partial charge is 0.264 e. The number of amides is 1. The van der Waals surface area contributed by atoms with Crippen molar-refractivity contribution in [1.29, 1.82) is 0 Å². The summed E-state index contributed by atoms with van der Waals surface area (Å²) in [5, 5.41) is 2.99. The Morgan fingerprint density at radius 1 is 1.03 bits per heavy atom. The molecule has 1 atom stereocenters. The van der Waals surface area contributed by atoms with Gasteiger partial charge in [0.05, 0.1) is 30.8 Å². The SMILES string of the molecule is COc1ccc(S(=O)(=O)N(CC(=O)N[C@@H]2CCCc3ccccc32)c2ccc(F)cc2)cc1OC. The average molecular weight is 499 g/mol. The maximum absolute atomic E-state index is 13.7. The number of rotatable bonds is 8. The molecule has 7 nitrogen and oxygen atoms in total. The fourth-order valence-corrected chi connectivity index (χ4v) is 5.74. The molecule has 9 heteroatoms. The third-order valence-electron chi connectivity index (χ3n) is 6.05. The summed E-state index contributed by atoms with van der Waals surface area (Å²) in [6.45, 7) is -0.471. The molecule has 1 aliphatic carbocycles. The van der Waals surface area contributed by atoms with E-state index in [0.29, 0.717) is 5.75 Å². The van der Waals surface area contributed by atoms with Gasteiger partial charge in [-0.2, -0.15) is 0 Å². The van der Waals surface area contributed by atoms with Crippen molar-refractivity contribution in [3.05, 3.63) is 83.7 Å². The second-order valence-corrected chi connectivity index (χ2v) is 10.1. The molecule has 1 aliphatic rings. The summed E-state index contributed by atoms with van der Waals surface area (Å²) in [6.07, 6.45) is 2.63. The second kappa shape index (κ2) is 10.4. The van der Waals surface area contributed by atoms with Crippen LogP contribution >= 0.6 is 0 Å². The van der Waals surface area contributed by atoms with Gasteiger partial charge >= 0.3 is 0 Å². The average Bonchev–Trinajstić information content (AvgIpc) is 2.87. The van der Waals surface area contributed by atoms with Crippen molar-refractivity contribution in [2.45, 2.75) is 30.2 Å². The molecule has 4 rings (SSSR count). The van der Waals surface area contributed by atoms with Gasteiger partial charge in [0, 0.05) is 6.07 Å². The van der Waals surface area contributed by atoms with E-state index in [1.165, 1.54) is 50.1 Å². The van der Waals surface area contributed by atoms with Gasteiger partial charge in [-0.25, -0.2) is 12.8 Å². The Bertz CT molecular complexity index is 1310. The molecule has 1 amide bonds. The number of anilines is 1. The molecule has 0 fully saturated rings. The van der Waals surface area contributed by atoms with Crippen LogP contribution < -0.4 is 19.1 Å². The highest BCUT2D eigenvalue weighted by Crippen LogP contribution is 2.33. The van der Waals surface area contributed by atoms with Crippen LogP contribution in [0.3, 0.4) is 0 Å². The van der Waals surface area contributed by atoms with Crippen molar-refractivity contribution in [1.82, 2.24) is 5.32 Å². The molecule has 0 aliphatic heterocycles. The molecule has 35 heavy (non-hydrogen) atoms. The molecule has 0 saturated carbocycles. The normalized spacial score (nSPS) is 15.1. The monoisotopic (exact) mass is 498 g/mol. The Labute approximate surface area is 204 Å². The number of ether oxygens (including phenoxy) is 2. The van der Waals surface area contributed by atoms with Crippen molar-refractivity contribution in [2.75, 3.05) is 25.1 Å². The Kier molecular flexibility index (Phi) is 7.25. The molecular formula is C26H27FN2O5S. The number of hydrogen-bond donors (Lipinski definition) is 1. The fourth-order valence-electron chi connectivity index (χ4n) is 4.30. The van der Waals surface area contributed by atoms with E-state index in [0.717, 1.165) is 41.3 Å². The van der Waals surface area contributed by atoms with E-state index in [4.69, 9.17) is 9.47 Å². The highest BCUT2D eigenvalue weighted by atomic mass is 32.2. The van der Waals surface area contributed by atoms with Crippen LogP contribution in [0.15, 0.2) is 71.6 Å². The first-order valence-electron chi connectivity index (χ1n) is 11.2. The lowest BCUT2D eigenvalue weighted by atomic mass is 9.88. The van der Waals surface area contributed by atoms with Crippen LogP contribution in [0.5, 0.6) is 11.5 Å². The number of methoxy groups -OCH3 is 2. The van der Waals surface area contributed by atoms with Gasteiger partial charge in [-0.05, 0) is 66.8 Å². The lowest BCUT2D eigenvalue weighted by Crippen LogP contribution is -2.42. The third-order valence-corrected chi connectivity index (χ3v) is 7.82. The van der Waals surface area contributed by atoms with E-state index < -0.39 is 28.3 Å². The molecule has 0 spiro atoms. The fraction of sp³-hybridized carbons (Fsp3) is 0.269. The van der Waals surface area contributed by atoms with Gasteiger partial charge in [0.1, 0.15) is 12.4 Å². The summed E-state index contributed by atoms with van der Waals surface area (Å²) >= 11 is 0. The van der Waals surface area contributed by atoms with Crippen molar-refractivity contribution in [3.63, 3.8) is 0 Å². The van der Waals surface area contributed by atoms with E-state index in [9.17, 15) is 17.6 Å². The van der Waals surface area contributed by atoms with E-state index in [2.05, 4.69) is 5.32 Å². The minimum Gasteiger partial charge on any atom is -0.493 e. The number of benzene rings is 3. The van der Waals surface area contributed by atoms with Crippen molar-refractivity contribution in [2.24, 2.45) is 0 Å². The summed E-state index contributed by atoms with van der Waals surface area (Å²) in [4.78, 5) is 13.0. The molecule has 1 N–H and O–H groups in total. The number of nitrogens with one attached hydrogen (secondary N) is 1. The molecule has 184 valence electrons. The molecular weight excluding hydrogens is 471 g/mol. The van der Waals surface area contributed by atoms with Crippen molar-refractivity contribution < 1.29 is 27.1 Å². The number of carbonyl (C=O) groups excluding carboxylic acids is 1. The first kappa shape index (κ1) is 24.5. The summed E-state index contributed by atoms with van der Waals surface area (Å²) in [5.74, 6) is -0.370. The number of halogens is 1. The van der Waals surface area contributed by atoms with Gasteiger partial charge in [0.25, 0.3) is 10.0 Å². The van der Waals surface area contributed by atoms with E-state index in [1.807, 2.05) is 24.3 Å². The quantitative estimate of drug-likeness (QED) is 0.502. The maximum atomic E-state index is 13.7. The topological polar surface area (TPSA) is 84.9 Å². The van der Waals surface area contributed by atoms with Crippen LogP contribution in [0.4, 0.5) is 10.1 Å². The maximum Gasteiger partial charge on any atom is 0.264 e. The number of aryl methyl sites for hydroxylation is 1. The summed E-state index contributed by atoms with van der Waals surface area (Å²) in [5.41, 5.74) is 2.39. The molecule has 0 saturated heterocycles. The zero-order valence-electron chi connectivity index (χ0n) is 19.5. The second-order valence-electron chi connectivity index (χ2n) is 8.22. The predicted molar refractivity (Wildman–Crippen MR) is 131 cm³/mol. The lowest BCUT2D eigenvalue weighted by Gasteiger charge is -2.29. The molecule has 0 unspecified atom stereocenters. The Balaban J connectivity index is 1.65. The van der Waals surface area contributed by atoms with Gasteiger partial charge < -0.3 is 14.8 Å². The Morgan fingerprint density at radius 3 is 2.46 bits per heavy atom. The molecule has 0 aromatic heterocycles. The van der Waals surface area contributed by atoms with Gasteiger partial charge in [0.15, 0.2) is 11.5 Å². The Hall–Kier alpha value is -3.59. The molecule has 3 aromatic rings. The van der Waals surface area contributed by atoms with E-state index >= 15 is 0 Å². The molecule has 0 heterocycles. The van der Waals surface area contributed by atoms with Gasteiger partial charge in [0.2, 0.25) is 5.91 Å². The summed E-state index contributed by atoms with van der Waals surface area (Å²) in [7, 11) is -1.35. The van der Waals surface area contributed by atoms with Crippen LogP contribution in [0.2, 0.25) is 0 Å². The molecule has 0 bridgehead atoms. The Morgan fingerprint density at radius 2 is 1.74 bits per heavy atom. The minimum absolute atomic E-state index is 0.0877. The highest BCUT2D eigenvalue weighted by molar-refractivity contribution is 7.92. The summed E-state index contributed by atoms with van der Waals surface area (Å²) in [6, 6.07) is 16.9. The minimum atomic E-state index is -4.21. The van der Waals surface area contributed by atoms with Gasteiger partial charge in [-0.1, -0.05) is 24.3 Å². The number of hydrogen-bond acceptors (Lipinski definition) is 5. The summed E-state index contributed by atoms with van der Waals surface area (Å²) < 4.78 is 52.3. The molecule has 0 radical (unpaired) electrons. The number of nitrogens with zero attached hydrogens (tertiary/aromatic N) is 1. The first-order chi connectivity index (χ1) is 16.8. The van der Waals surface area contributed by atoms with E-state index in [1.54, 1.807) is 0 Å². The van der Waals surface area contributed by atoms with E-state index in [-0.39, 0.29) is 22.4 Å². The number of fused-ring (bicyclic) bond motifs is 1. The zero-order chi connectivity index (χ0) is 25.0. The molecule has 3 aromatic carbocycles. The van der Waals surface area contributed by atoms with Crippen LogP contribution in [0.25, 0.3) is 0 Å². The largest absolute Gasteiger partial charge is 0.493 e. The van der Waals surface area contributed by atoms with Crippen molar-refractivity contribution >= 4 is 21.6 Å².